The molecule has 5 atom stereocenters. The highest BCUT2D eigenvalue weighted by molar-refractivity contribution is 6.31. The van der Waals surface area contributed by atoms with Gasteiger partial charge in [0, 0.05) is 36.8 Å². The smallest absolute Gasteiger partial charge is 0.187 e. The Hall–Kier alpha value is -6.04. The lowest BCUT2D eigenvalue weighted by atomic mass is 9.97. The van der Waals surface area contributed by atoms with Gasteiger partial charge in [-0.2, -0.15) is 0 Å². The van der Waals surface area contributed by atoms with Gasteiger partial charge in [0.2, 0.25) is 0 Å². The van der Waals surface area contributed by atoms with Crippen molar-refractivity contribution in [3.05, 3.63) is 191 Å². The molecule has 72 heavy (non-hydrogen) atoms. The van der Waals surface area contributed by atoms with Crippen molar-refractivity contribution in [2.75, 3.05) is 64.6 Å². The second-order valence-electron chi connectivity index (χ2n) is 17.5. The normalized spacial score (nSPS) is 19.3. The predicted molar refractivity (Wildman–Crippen MR) is 273 cm³/mol. The number of nitrogens with zero attached hydrogens (tertiary/aromatic N) is 3. The standard InChI is InChI=1S/C57H60ClFN4O9/c58-47-32-45(22-23-48(47)59)62-56-46-33-50(66-27-13-24-63-25-28-64-29-26-63)51(34-49(46)60-40-61-56)67-30-31-68-57-55(71-38-44-20-11-4-12-21-44)54(70-37-43-18-9-3-10-19-43)53(69-36-42-16-7-2-8-17-42)52(72-57)39-65-35-41-14-5-1-6-15-41/h1-12,14-23,32-34,40,52-55,57H,13,24-31,35-39H2,(H,60,61,62)/t52-,53-,54+,55-,57?/m1/s1. The summed E-state index contributed by atoms with van der Waals surface area (Å²) in [7, 11) is 0. The monoisotopic (exact) mass is 998 g/mol. The first kappa shape index (κ1) is 50.9. The third kappa shape index (κ3) is 14.6. The number of benzene rings is 6. The molecule has 6 aromatic carbocycles. The quantitative estimate of drug-likeness (QED) is 0.0547. The Morgan fingerprint density at radius 1 is 0.611 bits per heavy atom. The molecule has 7 aromatic rings. The van der Waals surface area contributed by atoms with Crippen LogP contribution in [0.2, 0.25) is 5.02 Å². The van der Waals surface area contributed by atoms with Gasteiger partial charge in [-0.05, 0) is 52.9 Å². The minimum atomic E-state index is -0.922. The molecule has 0 spiro atoms. The van der Waals surface area contributed by atoms with E-state index in [1.165, 1.54) is 18.5 Å². The zero-order valence-corrected chi connectivity index (χ0v) is 40.8. The number of nitrogens with one attached hydrogen (secondary N) is 1. The van der Waals surface area contributed by atoms with Crippen LogP contribution in [0.15, 0.2) is 158 Å². The van der Waals surface area contributed by atoms with E-state index in [1.54, 1.807) is 6.07 Å². The summed E-state index contributed by atoms with van der Waals surface area (Å²) >= 11 is 6.13. The van der Waals surface area contributed by atoms with Crippen molar-refractivity contribution in [3.63, 3.8) is 0 Å². The molecule has 0 saturated carbocycles. The second-order valence-corrected chi connectivity index (χ2v) is 17.9. The Bertz CT molecular complexity index is 2710. The van der Waals surface area contributed by atoms with E-state index in [0.717, 1.165) is 61.5 Å². The SMILES string of the molecule is Fc1ccc(Nc2ncnc3cc(OCCOC4O[C@H](COCc5ccccc5)[C@@H](OCc5ccccc5)[C@H](OCc5ccccc5)[C@H]4OCc4ccccc4)c(OCCCN4CCOCC4)cc23)cc1Cl. The lowest BCUT2D eigenvalue weighted by molar-refractivity contribution is -0.328. The fraction of sp³-hybridized carbons (Fsp3) is 0.333. The van der Waals surface area contributed by atoms with Crippen molar-refractivity contribution in [1.29, 1.82) is 0 Å². The summed E-state index contributed by atoms with van der Waals surface area (Å²) in [5.74, 6) is 0.948. The van der Waals surface area contributed by atoms with Gasteiger partial charge in [-0.1, -0.05) is 133 Å². The maximum Gasteiger partial charge on any atom is 0.187 e. The van der Waals surface area contributed by atoms with Gasteiger partial charge >= 0.3 is 0 Å². The number of hydrogen-bond acceptors (Lipinski definition) is 13. The Morgan fingerprint density at radius 3 is 1.83 bits per heavy atom. The van der Waals surface area contributed by atoms with Crippen molar-refractivity contribution >= 4 is 34.0 Å². The van der Waals surface area contributed by atoms with E-state index in [0.29, 0.717) is 60.3 Å². The largest absolute Gasteiger partial charge is 0.490 e. The van der Waals surface area contributed by atoms with E-state index in [9.17, 15) is 4.39 Å². The molecule has 2 aliphatic heterocycles. The second kappa shape index (κ2) is 26.6. The average Bonchev–Trinajstić information content (AvgIpc) is 3.42. The Balaban J connectivity index is 0.967. The molecule has 0 amide bonds. The summed E-state index contributed by atoms with van der Waals surface area (Å²) in [5.41, 5.74) is 5.18. The molecule has 2 aliphatic rings. The Labute approximate surface area is 425 Å². The number of ether oxygens (including phenoxy) is 9. The zero-order chi connectivity index (χ0) is 49.2. The molecule has 0 aliphatic carbocycles. The van der Waals surface area contributed by atoms with E-state index < -0.39 is 36.5 Å². The molecule has 3 heterocycles. The number of hydrogen-bond donors (Lipinski definition) is 1. The predicted octanol–water partition coefficient (Wildman–Crippen LogP) is 10.4. The molecule has 2 fully saturated rings. The van der Waals surface area contributed by atoms with E-state index in [1.807, 2.05) is 133 Å². The first-order valence-electron chi connectivity index (χ1n) is 24.4. The number of halogens is 2. The molecule has 376 valence electrons. The molecule has 1 unspecified atom stereocenters. The fourth-order valence-corrected chi connectivity index (χ4v) is 8.77. The summed E-state index contributed by atoms with van der Waals surface area (Å²) in [6.45, 7) is 6.17. The maximum atomic E-state index is 14.1. The van der Waals surface area contributed by atoms with Crippen molar-refractivity contribution < 1.29 is 47.0 Å². The van der Waals surface area contributed by atoms with Gasteiger partial charge in [0.25, 0.3) is 0 Å². The van der Waals surface area contributed by atoms with E-state index in [-0.39, 0.29) is 31.5 Å². The van der Waals surface area contributed by atoms with Crippen LogP contribution in [0.3, 0.4) is 0 Å². The van der Waals surface area contributed by atoms with Gasteiger partial charge in [-0.25, -0.2) is 14.4 Å². The molecule has 13 nitrogen and oxygen atoms in total. The fourth-order valence-electron chi connectivity index (χ4n) is 8.59. The van der Waals surface area contributed by atoms with Crippen molar-refractivity contribution in [2.24, 2.45) is 0 Å². The van der Waals surface area contributed by atoms with Gasteiger partial charge in [0.1, 0.15) is 49.0 Å². The van der Waals surface area contributed by atoms with Crippen LogP contribution in [0.4, 0.5) is 15.9 Å². The third-order valence-corrected chi connectivity index (χ3v) is 12.6. The summed E-state index contributed by atoms with van der Waals surface area (Å²) in [6.07, 6.45) is -1.33. The molecule has 2 saturated heterocycles. The summed E-state index contributed by atoms with van der Waals surface area (Å²) in [6, 6.07) is 48.1. The van der Waals surface area contributed by atoms with Crippen LogP contribution in [0.5, 0.6) is 11.5 Å². The van der Waals surface area contributed by atoms with Gasteiger partial charge in [-0.3, -0.25) is 4.90 Å². The lowest BCUT2D eigenvalue weighted by Crippen LogP contribution is -2.62. The maximum absolute atomic E-state index is 14.1. The van der Waals surface area contributed by atoms with Crippen LogP contribution >= 0.6 is 11.6 Å². The van der Waals surface area contributed by atoms with E-state index >= 15 is 0 Å². The topological polar surface area (TPSA) is 124 Å². The molecular formula is C57H60ClFN4O9. The summed E-state index contributed by atoms with van der Waals surface area (Å²) < 4.78 is 73.2. The number of anilines is 2. The molecule has 1 aromatic heterocycles. The number of morpholine rings is 1. The van der Waals surface area contributed by atoms with Crippen LogP contribution < -0.4 is 14.8 Å². The van der Waals surface area contributed by atoms with Gasteiger partial charge in [0.15, 0.2) is 17.8 Å². The van der Waals surface area contributed by atoms with E-state index in [2.05, 4.69) is 20.2 Å². The highest BCUT2D eigenvalue weighted by Gasteiger charge is 2.49. The molecule has 0 radical (unpaired) electrons. The van der Waals surface area contributed by atoms with Crippen LogP contribution in [0.1, 0.15) is 28.7 Å². The zero-order valence-electron chi connectivity index (χ0n) is 40.1. The lowest BCUT2D eigenvalue weighted by Gasteiger charge is -2.45. The van der Waals surface area contributed by atoms with Crippen LogP contribution in [-0.4, -0.2) is 105 Å². The Morgan fingerprint density at radius 2 is 1.19 bits per heavy atom. The molecular weight excluding hydrogens is 939 g/mol. The van der Waals surface area contributed by atoms with Crippen LogP contribution in [0, 0.1) is 5.82 Å². The summed E-state index contributed by atoms with van der Waals surface area (Å²) in [4.78, 5) is 11.5. The van der Waals surface area contributed by atoms with Crippen molar-refractivity contribution in [2.45, 2.75) is 63.6 Å². The van der Waals surface area contributed by atoms with Gasteiger partial charge in [-0.15, -0.1) is 0 Å². The van der Waals surface area contributed by atoms with Gasteiger partial charge in [0.05, 0.1) is 70.0 Å². The van der Waals surface area contributed by atoms with Crippen molar-refractivity contribution in [1.82, 2.24) is 14.9 Å². The molecule has 15 heteroatoms. The number of aromatic nitrogens is 2. The minimum absolute atomic E-state index is 0.00776. The Kier molecular flexibility index (Phi) is 18.8. The van der Waals surface area contributed by atoms with Crippen molar-refractivity contribution in [3.8, 4) is 11.5 Å². The third-order valence-electron chi connectivity index (χ3n) is 12.3. The van der Waals surface area contributed by atoms with E-state index in [4.69, 9.17) is 54.2 Å². The average molecular weight is 1000 g/mol. The van der Waals surface area contributed by atoms with Crippen LogP contribution in [-0.2, 0) is 59.6 Å². The van der Waals surface area contributed by atoms with Crippen LogP contribution in [0.25, 0.3) is 10.9 Å². The number of fused-ring (bicyclic) bond motifs is 1. The number of rotatable bonds is 25. The highest BCUT2D eigenvalue weighted by Crippen LogP contribution is 2.36. The first-order chi connectivity index (χ1) is 35.5. The highest BCUT2D eigenvalue weighted by atomic mass is 35.5. The minimum Gasteiger partial charge on any atom is -0.490 e. The molecule has 9 rings (SSSR count). The van der Waals surface area contributed by atoms with Gasteiger partial charge < -0.3 is 47.9 Å². The molecule has 1 N–H and O–H groups in total. The summed E-state index contributed by atoms with van der Waals surface area (Å²) in [5, 5.41) is 3.92. The first-order valence-corrected chi connectivity index (χ1v) is 24.8. The molecule has 0 bridgehead atoms.